The highest BCUT2D eigenvalue weighted by atomic mass is 16.5. The van der Waals surface area contributed by atoms with Crippen LogP contribution in [0.3, 0.4) is 0 Å². The number of aliphatic hydroxyl groups is 1. The number of ether oxygens (including phenoxy) is 1. The molecule has 0 amide bonds. The fourth-order valence-electron chi connectivity index (χ4n) is 2.84. The van der Waals surface area contributed by atoms with Crippen LogP contribution in [0.15, 0.2) is 0 Å². The highest BCUT2D eigenvalue weighted by molar-refractivity contribution is 4.99. The Morgan fingerprint density at radius 1 is 1.06 bits per heavy atom. The molecule has 0 radical (unpaired) electrons. The van der Waals surface area contributed by atoms with Crippen molar-refractivity contribution in [1.29, 1.82) is 0 Å². The first-order chi connectivity index (χ1) is 7.31. The van der Waals surface area contributed by atoms with Crippen molar-refractivity contribution in [2.45, 2.75) is 78.1 Å². The minimum atomic E-state index is -0.169. The lowest BCUT2D eigenvalue weighted by molar-refractivity contribution is -0.201. The number of hydrogen-bond donors (Lipinski definition) is 1. The molecule has 2 saturated carbocycles. The molecule has 0 heterocycles. The third-order valence-corrected chi connectivity index (χ3v) is 4.77. The zero-order valence-corrected chi connectivity index (χ0v) is 11.1. The molecule has 2 fully saturated rings. The lowest BCUT2D eigenvalue weighted by atomic mass is 9.66. The maximum absolute atomic E-state index is 9.68. The molecule has 2 aliphatic carbocycles. The number of aliphatic hydroxyl groups excluding tert-OH is 1. The molecule has 0 aliphatic heterocycles. The molecule has 2 aliphatic rings. The summed E-state index contributed by atoms with van der Waals surface area (Å²) in [6.45, 7) is 8.91. The summed E-state index contributed by atoms with van der Waals surface area (Å²) < 4.78 is 6.15. The first-order valence-electron chi connectivity index (χ1n) is 6.65. The van der Waals surface area contributed by atoms with Crippen LogP contribution in [-0.2, 0) is 4.74 Å². The van der Waals surface area contributed by atoms with Crippen LogP contribution in [0.25, 0.3) is 0 Å². The molecule has 2 unspecified atom stereocenters. The minimum Gasteiger partial charge on any atom is -0.392 e. The van der Waals surface area contributed by atoms with Crippen LogP contribution < -0.4 is 0 Å². The van der Waals surface area contributed by atoms with E-state index in [9.17, 15) is 5.11 Å². The molecule has 0 spiro atoms. The van der Waals surface area contributed by atoms with Crippen molar-refractivity contribution < 1.29 is 9.84 Å². The summed E-state index contributed by atoms with van der Waals surface area (Å²) in [5, 5.41) is 9.68. The second-order valence-electron chi connectivity index (χ2n) is 7.06. The molecule has 0 aromatic carbocycles. The molecule has 2 rings (SSSR count). The maximum atomic E-state index is 9.68. The summed E-state index contributed by atoms with van der Waals surface area (Å²) in [5.74, 6) is 0. The van der Waals surface area contributed by atoms with E-state index in [0.29, 0.717) is 11.5 Å². The summed E-state index contributed by atoms with van der Waals surface area (Å²) in [7, 11) is 0. The molecular weight excluding hydrogens is 200 g/mol. The van der Waals surface area contributed by atoms with Crippen molar-refractivity contribution in [2.75, 3.05) is 0 Å². The van der Waals surface area contributed by atoms with Crippen molar-refractivity contribution in [3.05, 3.63) is 0 Å². The van der Waals surface area contributed by atoms with E-state index in [4.69, 9.17) is 4.74 Å². The van der Waals surface area contributed by atoms with E-state index in [1.54, 1.807) is 0 Å². The molecule has 2 heteroatoms. The van der Waals surface area contributed by atoms with Gasteiger partial charge in [0.05, 0.1) is 18.3 Å². The van der Waals surface area contributed by atoms with Crippen LogP contribution in [0, 0.1) is 10.8 Å². The molecule has 0 saturated heterocycles. The Morgan fingerprint density at radius 2 is 1.62 bits per heavy atom. The van der Waals surface area contributed by atoms with Gasteiger partial charge in [0, 0.05) is 11.8 Å². The lowest BCUT2D eigenvalue weighted by Crippen LogP contribution is -2.55. The SMILES string of the molecule is CC1(C)CCC(OC2CC(O)C2(C)C)CC1. The first-order valence-corrected chi connectivity index (χ1v) is 6.65. The second kappa shape index (κ2) is 3.99. The molecule has 94 valence electrons. The second-order valence-corrected chi connectivity index (χ2v) is 7.06. The number of rotatable bonds is 2. The molecular formula is C14H26O2. The molecule has 0 aromatic rings. The van der Waals surface area contributed by atoms with Gasteiger partial charge in [-0.15, -0.1) is 0 Å². The largest absolute Gasteiger partial charge is 0.392 e. The third-order valence-electron chi connectivity index (χ3n) is 4.77. The summed E-state index contributed by atoms with van der Waals surface area (Å²) in [6.07, 6.45) is 6.29. The van der Waals surface area contributed by atoms with Crippen molar-refractivity contribution in [1.82, 2.24) is 0 Å². The van der Waals surface area contributed by atoms with E-state index in [1.807, 2.05) is 0 Å². The summed E-state index contributed by atoms with van der Waals surface area (Å²) in [6, 6.07) is 0. The first kappa shape index (κ1) is 12.4. The molecule has 2 nitrogen and oxygen atoms in total. The quantitative estimate of drug-likeness (QED) is 0.784. The van der Waals surface area contributed by atoms with Gasteiger partial charge in [0.2, 0.25) is 0 Å². The van der Waals surface area contributed by atoms with Crippen molar-refractivity contribution >= 4 is 0 Å². The van der Waals surface area contributed by atoms with Crippen LogP contribution in [0.1, 0.15) is 59.8 Å². The Hall–Kier alpha value is -0.0800. The van der Waals surface area contributed by atoms with Crippen LogP contribution in [-0.4, -0.2) is 23.4 Å². The Labute approximate surface area is 99.4 Å². The van der Waals surface area contributed by atoms with Crippen molar-refractivity contribution in [2.24, 2.45) is 10.8 Å². The van der Waals surface area contributed by atoms with E-state index in [1.165, 1.54) is 25.7 Å². The Kier molecular flexibility index (Phi) is 3.09. The van der Waals surface area contributed by atoms with E-state index in [0.717, 1.165) is 6.42 Å². The smallest absolute Gasteiger partial charge is 0.0679 e. The van der Waals surface area contributed by atoms with E-state index in [2.05, 4.69) is 27.7 Å². The summed E-state index contributed by atoms with van der Waals surface area (Å²) in [5.41, 5.74) is 0.474. The van der Waals surface area contributed by atoms with Gasteiger partial charge in [-0.3, -0.25) is 0 Å². The molecule has 1 N–H and O–H groups in total. The average Bonchev–Trinajstić information content (AvgIpc) is 2.20. The molecule has 16 heavy (non-hydrogen) atoms. The number of hydrogen-bond acceptors (Lipinski definition) is 2. The van der Waals surface area contributed by atoms with Gasteiger partial charge in [-0.1, -0.05) is 27.7 Å². The van der Waals surface area contributed by atoms with Gasteiger partial charge in [-0.05, 0) is 31.1 Å². The highest BCUT2D eigenvalue weighted by Crippen LogP contribution is 2.45. The van der Waals surface area contributed by atoms with Crippen molar-refractivity contribution in [3.8, 4) is 0 Å². The Morgan fingerprint density at radius 3 is 2.06 bits per heavy atom. The third kappa shape index (κ3) is 2.28. The summed E-state index contributed by atoms with van der Waals surface area (Å²) in [4.78, 5) is 0. The minimum absolute atomic E-state index is 0.0348. The lowest BCUT2D eigenvalue weighted by Gasteiger charge is -2.50. The molecule has 0 aromatic heterocycles. The van der Waals surface area contributed by atoms with Crippen LogP contribution in [0.2, 0.25) is 0 Å². The van der Waals surface area contributed by atoms with E-state index < -0.39 is 0 Å². The topological polar surface area (TPSA) is 29.5 Å². The van der Waals surface area contributed by atoms with Gasteiger partial charge in [0.15, 0.2) is 0 Å². The summed E-state index contributed by atoms with van der Waals surface area (Å²) >= 11 is 0. The monoisotopic (exact) mass is 226 g/mol. The van der Waals surface area contributed by atoms with E-state index in [-0.39, 0.29) is 17.6 Å². The van der Waals surface area contributed by atoms with Crippen LogP contribution in [0.5, 0.6) is 0 Å². The van der Waals surface area contributed by atoms with Crippen LogP contribution >= 0.6 is 0 Å². The Bertz CT molecular complexity index is 247. The average molecular weight is 226 g/mol. The van der Waals surface area contributed by atoms with Gasteiger partial charge in [0.1, 0.15) is 0 Å². The van der Waals surface area contributed by atoms with Crippen LogP contribution in [0.4, 0.5) is 0 Å². The normalized spacial score (nSPS) is 38.1. The fourth-order valence-corrected chi connectivity index (χ4v) is 2.84. The zero-order valence-electron chi connectivity index (χ0n) is 11.1. The standard InChI is InChI=1S/C14H26O2/c1-13(2)7-5-10(6-8-13)16-12-9-11(15)14(12,3)4/h10-12,15H,5-9H2,1-4H3. The van der Waals surface area contributed by atoms with Gasteiger partial charge in [-0.25, -0.2) is 0 Å². The molecule has 2 atom stereocenters. The van der Waals surface area contributed by atoms with Gasteiger partial charge < -0.3 is 9.84 Å². The predicted octanol–water partition coefficient (Wildman–Crippen LogP) is 3.13. The van der Waals surface area contributed by atoms with Gasteiger partial charge in [-0.2, -0.15) is 0 Å². The maximum Gasteiger partial charge on any atom is 0.0679 e. The Balaban J connectivity index is 1.80. The zero-order chi connectivity index (χ0) is 12.0. The van der Waals surface area contributed by atoms with Gasteiger partial charge in [0.25, 0.3) is 0 Å². The van der Waals surface area contributed by atoms with E-state index >= 15 is 0 Å². The molecule has 0 bridgehead atoms. The predicted molar refractivity (Wildman–Crippen MR) is 65.3 cm³/mol. The van der Waals surface area contributed by atoms with Crippen molar-refractivity contribution in [3.63, 3.8) is 0 Å². The highest BCUT2D eigenvalue weighted by Gasteiger charge is 2.49. The van der Waals surface area contributed by atoms with Gasteiger partial charge >= 0.3 is 0 Å². The fraction of sp³-hybridized carbons (Fsp3) is 1.00.